The molecule has 1 unspecified atom stereocenters. The maximum atomic E-state index is 13.2. The first kappa shape index (κ1) is 18.2. The summed E-state index contributed by atoms with van der Waals surface area (Å²) in [6.07, 6.45) is 1.19. The molecule has 0 radical (unpaired) electrons. The highest BCUT2D eigenvalue weighted by Gasteiger charge is 2.38. The Kier molecular flexibility index (Phi) is 5.39. The van der Waals surface area contributed by atoms with E-state index in [-0.39, 0.29) is 17.7 Å². The maximum absolute atomic E-state index is 13.2. The van der Waals surface area contributed by atoms with E-state index in [0.717, 1.165) is 0 Å². The SMILES string of the molecule is O=C(Nc1cccc(F)c1)C1CCN(C(=O)C2CCCN2C(=O)O)CC1. The van der Waals surface area contributed by atoms with Crippen molar-refractivity contribution in [1.29, 1.82) is 0 Å². The zero-order valence-electron chi connectivity index (χ0n) is 14.4. The van der Waals surface area contributed by atoms with Crippen LogP contribution in [-0.4, -0.2) is 58.5 Å². The van der Waals surface area contributed by atoms with Gasteiger partial charge in [-0.1, -0.05) is 6.07 Å². The van der Waals surface area contributed by atoms with Gasteiger partial charge in [0.1, 0.15) is 11.9 Å². The Labute approximate surface area is 150 Å². The Hall–Kier alpha value is -2.64. The van der Waals surface area contributed by atoms with Crippen LogP contribution in [0.4, 0.5) is 14.9 Å². The molecule has 0 bridgehead atoms. The number of likely N-dealkylation sites (tertiary alicyclic amines) is 2. The summed E-state index contributed by atoms with van der Waals surface area (Å²) in [6, 6.07) is 5.12. The van der Waals surface area contributed by atoms with Crippen LogP contribution in [0.5, 0.6) is 0 Å². The van der Waals surface area contributed by atoms with Gasteiger partial charge in [0.2, 0.25) is 11.8 Å². The average molecular weight is 363 g/mol. The summed E-state index contributed by atoms with van der Waals surface area (Å²) in [6.45, 7) is 1.23. The Morgan fingerprint density at radius 2 is 1.85 bits per heavy atom. The number of hydrogen-bond acceptors (Lipinski definition) is 3. The normalized spacial score (nSPS) is 20.9. The first-order chi connectivity index (χ1) is 12.5. The quantitative estimate of drug-likeness (QED) is 0.861. The number of anilines is 1. The van der Waals surface area contributed by atoms with Gasteiger partial charge in [-0.3, -0.25) is 14.5 Å². The monoisotopic (exact) mass is 363 g/mol. The van der Waals surface area contributed by atoms with Crippen LogP contribution in [0.25, 0.3) is 0 Å². The number of carbonyl (C=O) groups is 3. The third kappa shape index (κ3) is 3.95. The van der Waals surface area contributed by atoms with Crippen LogP contribution >= 0.6 is 0 Å². The summed E-state index contributed by atoms with van der Waals surface area (Å²) in [4.78, 5) is 39.0. The molecule has 2 heterocycles. The molecule has 2 N–H and O–H groups in total. The predicted molar refractivity (Wildman–Crippen MR) is 92.1 cm³/mol. The number of benzene rings is 1. The molecule has 2 aliphatic heterocycles. The van der Waals surface area contributed by atoms with Crippen LogP contribution < -0.4 is 5.32 Å². The summed E-state index contributed by atoms with van der Waals surface area (Å²) in [7, 11) is 0. The van der Waals surface area contributed by atoms with Gasteiger partial charge in [0, 0.05) is 31.2 Å². The molecule has 8 heteroatoms. The van der Waals surface area contributed by atoms with Gasteiger partial charge in [-0.25, -0.2) is 9.18 Å². The van der Waals surface area contributed by atoms with Crippen molar-refractivity contribution in [3.63, 3.8) is 0 Å². The van der Waals surface area contributed by atoms with E-state index in [1.165, 1.54) is 23.1 Å². The maximum Gasteiger partial charge on any atom is 0.407 e. The Morgan fingerprint density at radius 1 is 1.12 bits per heavy atom. The molecular weight excluding hydrogens is 341 g/mol. The van der Waals surface area contributed by atoms with E-state index in [9.17, 15) is 23.9 Å². The van der Waals surface area contributed by atoms with E-state index in [1.54, 1.807) is 11.0 Å². The Morgan fingerprint density at radius 3 is 2.50 bits per heavy atom. The van der Waals surface area contributed by atoms with E-state index in [2.05, 4.69) is 5.32 Å². The smallest absolute Gasteiger partial charge is 0.407 e. The fraction of sp³-hybridized carbons (Fsp3) is 0.500. The Bertz CT molecular complexity index is 703. The second-order valence-electron chi connectivity index (χ2n) is 6.73. The van der Waals surface area contributed by atoms with E-state index in [1.807, 2.05) is 0 Å². The number of nitrogens with one attached hydrogen (secondary N) is 1. The molecule has 2 aliphatic rings. The summed E-state index contributed by atoms with van der Waals surface area (Å²) in [5.74, 6) is -1.02. The van der Waals surface area contributed by atoms with Gasteiger partial charge in [-0.05, 0) is 43.9 Å². The van der Waals surface area contributed by atoms with E-state index < -0.39 is 18.0 Å². The van der Waals surface area contributed by atoms with E-state index >= 15 is 0 Å². The van der Waals surface area contributed by atoms with Crippen LogP contribution in [0.3, 0.4) is 0 Å². The van der Waals surface area contributed by atoms with E-state index in [0.29, 0.717) is 51.0 Å². The molecule has 3 rings (SSSR count). The molecule has 7 nitrogen and oxygen atoms in total. The van der Waals surface area contributed by atoms with Crippen molar-refractivity contribution >= 4 is 23.6 Å². The van der Waals surface area contributed by atoms with Crippen molar-refractivity contribution in [3.05, 3.63) is 30.1 Å². The molecule has 3 amide bonds. The van der Waals surface area contributed by atoms with Gasteiger partial charge >= 0.3 is 6.09 Å². The minimum Gasteiger partial charge on any atom is -0.465 e. The molecule has 26 heavy (non-hydrogen) atoms. The second kappa shape index (κ2) is 7.72. The molecule has 1 atom stereocenters. The van der Waals surface area contributed by atoms with Gasteiger partial charge < -0.3 is 15.3 Å². The zero-order valence-corrected chi connectivity index (χ0v) is 14.4. The van der Waals surface area contributed by atoms with Crippen molar-refractivity contribution in [1.82, 2.24) is 9.80 Å². The molecule has 1 aromatic carbocycles. The predicted octanol–water partition coefficient (Wildman–Crippen LogP) is 2.15. The largest absolute Gasteiger partial charge is 0.465 e. The first-order valence-corrected chi connectivity index (χ1v) is 8.80. The molecule has 0 saturated carbocycles. The van der Waals surface area contributed by atoms with Crippen molar-refractivity contribution in [2.24, 2.45) is 5.92 Å². The summed E-state index contributed by atoms with van der Waals surface area (Å²) < 4.78 is 13.2. The van der Waals surface area contributed by atoms with Crippen LogP contribution in [-0.2, 0) is 9.59 Å². The molecule has 0 aliphatic carbocycles. The topological polar surface area (TPSA) is 90.0 Å². The number of carboxylic acid groups (broad SMARTS) is 1. The lowest BCUT2D eigenvalue weighted by Crippen LogP contribution is -2.50. The number of hydrogen-bond donors (Lipinski definition) is 2. The third-order valence-electron chi connectivity index (χ3n) is 5.05. The number of halogens is 1. The molecule has 2 fully saturated rings. The van der Waals surface area contributed by atoms with Crippen molar-refractivity contribution < 1.29 is 23.9 Å². The van der Waals surface area contributed by atoms with Crippen molar-refractivity contribution in [2.75, 3.05) is 25.0 Å². The zero-order chi connectivity index (χ0) is 18.7. The van der Waals surface area contributed by atoms with Gasteiger partial charge in [0.05, 0.1) is 0 Å². The van der Waals surface area contributed by atoms with Crippen molar-refractivity contribution in [3.8, 4) is 0 Å². The highest BCUT2D eigenvalue weighted by Crippen LogP contribution is 2.24. The minimum absolute atomic E-state index is 0.172. The minimum atomic E-state index is -1.06. The summed E-state index contributed by atoms with van der Waals surface area (Å²) >= 11 is 0. The fourth-order valence-corrected chi connectivity index (χ4v) is 3.64. The van der Waals surface area contributed by atoms with Gasteiger partial charge in [0.15, 0.2) is 0 Å². The van der Waals surface area contributed by atoms with Gasteiger partial charge in [0.25, 0.3) is 0 Å². The van der Waals surface area contributed by atoms with Gasteiger partial charge in [-0.15, -0.1) is 0 Å². The van der Waals surface area contributed by atoms with Crippen LogP contribution in [0.1, 0.15) is 25.7 Å². The molecule has 140 valence electrons. The van der Waals surface area contributed by atoms with E-state index in [4.69, 9.17) is 0 Å². The molecule has 0 aromatic heterocycles. The van der Waals surface area contributed by atoms with Gasteiger partial charge in [-0.2, -0.15) is 0 Å². The highest BCUT2D eigenvalue weighted by molar-refractivity contribution is 5.93. The van der Waals surface area contributed by atoms with Crippen LogP contribution in [0, 0.1) is 11.7 Å². The molecule has 1 aromatic rings. The first-order valence-electron chi connectivity index (χ1n) is 8.80. The summed E-state index contributed by atoms with van der Waals surface area (Å²) in [5, 5.41) is 11.9. The molecule has 0 spiro atoms. The van der Waals surface area contributed by atoms with Crippen LogP contribution in [0.2, 0.25) is 0 Å². The highest BCUT2D eigenvalue weighted by atomic mass is 19.1. The third-order valence-corrected chi connectivity index (χ3v) is 5.05. The number of nitrogens with zero attached hydrogens (tertiary/aromatic N) is 2. The Balaban J connectivity index is 1.53. The lowest BCUT2D eigenvalue weighted by atomic mass is 9.95. The molecular formula is C18H22FN3O4. The van der Waals surface area contributed by atoms with Crippen molar-refractivity contribution in [2.45, 2.75) is 31.7 Å². The number of rotatable bonds is 3. The fourth-order valence-electron chi connectivity index (χ4n) is 3.64. The number of carbonyl (C=O) groups excluding carboxylic acids is 2. The lowest BCUT2D eigenvalue weighted by Gasteiger charge is -2.34. The van der Waals surface area contributed by atoms with Crippen LogP contribution in [0.15, 0.2) is 24.3 Å². The number of amides is 3. The lowest BCUT2D eigenvalue weighted by molar-refractivity contribution is -0.138. The summed E-state index contributed by atoms with van der Waals surface area (Å²) in [5.41, 5.74) is 0.413. The average Bonchev–Trinajstić information content (AvgIpc) is 3.11. The standard InChI is InChI=1S/C18H22FN3O4/c19-13-3-1-4-14(11-13)20-16(23)12-6-9-21(10-7-12)17(24)15-5-2-8-22(15)18(25)26/h1,3-4,11-12,15H,2,5-10H2,(H,20,23)(H,25,26). The second-order valence-corrected chi connectivity index (χ2v) is 6.73. The number of piperidine rings is 1. The molecule has 2 saturated heterocycles.